The van der Waals surface area contributed by atoms with E-state index in [-0.39, 0.29) is 30.2 Å². The lowest BCUT2D eigenvalue weighted by Crippen LogP contribution is -2.52. The lowest BCUT2D eigenvalue weighted by molar-refractivity contribution is -0.136. The molecule has 2 heterocycles. The van der Waals surface area contributed by atoms with Crippen molar-refractivity contribution < 1.29 is 28.7 Å². The quantitative estimate of drug-likeness (QED) is 0.622. The highest BCUT2D eigenvalue weighted by Crippen LogP contribution is 2.38. The minimum absolute atomic E-state index is 0.0917. The number of hydrogen-bond acceptors (Lipinski definition) is 6. The van der Waals surface area contributed by atoms with E-state index >= 15 is 0 Å². The first-order valence-corrected chi connectivity index (χ1v) is 11.1. The van der Waals surface area contributed by atoms with E-state index in [0.717, 1.165) is 36.8 Å². The molecule has 32 heavy (non-hydrogen) atoms. The van der Waals surface area contributed by atoms with Gasteiger partial charge in [0.2, 0.25) is 11.8 Å². The van der Waals surface area contributed by atoms with E-state index in [1.54, 1.807) is 13.2 Å². The summed E-state index contributed by atoms with van der Waals surface area (Å²) in [5.41, 5.74) is 2.03. The number of hydrogen-bond donors (Lipinski definition) is 2. The van der Waals surface area contributed by atoms with E-state index < -0.39 is 18.0 Å². The van der Waals surface area contributed by atoms with E-state index in [2.05, 4.69) is 10.6 Å². The van der Waals surface area contributed by atoms with Crippen LogP contribution in [0, 0.1) is 5.41 Å². The number of fused-ring (bicyclic) bond motifs is 1. The number of carbonyl (C=O) groups excluding carboxylic acids is 4. The number of imide groups is 1. The number of carbonyl (C=O) groups is 4. The van der Waals surface area contributed by atoms with Gasteiger partial charge in [-0.25, -0.2) is 4.79 Å². The molecule has 4 amide bonds. The maximum Gasteiger partial charge on any atom is 0.407 e. The molecule has 1 aromatic carbocycles. The smallest absolute Gasteiger partial charge is 0.407 e. The molecule has 1 saturated carbocycles. The van der Waals surface area contributed by atoms with Gasteiger partial charge in [0, 0.05) is 37.6 Å². The summed E-state index contributed by atoms with van der Waals surface area (Å²) in [5, 5.41) is 5.05. The van der Waals surface area contributed by atoms with Crippen molar-refractivity contribution in [3.05, 3.63) is 34.9 Å². The summed E-state index contributed by atoms with van der Waals surface area (Å²) in [6.07, 6.45) is 4.27. The second kappa shape index (κ2) is 9.28. The van der Waals surface area contributed by atoms with E-state index in [1.807, 2.05) is 12.1 Å². The van der Waals surface area contributed by atoms with Crippen LogP contribution in [0.2, 0.25) is 0 Å². The highest BCUT2D eigenvalue weighted by Gasteiger charge is 2.39. The van der Waals surface area contributed by atoms with Gasteiger partial charge in [0.05, 0.1) is 6.61 Å². The zero-order chi connectivity index (χ0) is 22.7. The van der Waals surface area contributed by atoms with E-state index in [9.17, 15) is 19.2 Å². The van der Waals surface area contributed by atoms with Crippen LogP contribution in [0.4, 0.5) is 4.79 Å². The summed E-state index contributed by atoms with van der Waals surface area (Å²) in [4.78, 5) is 50.2. The first kappa shape index (κ1) is 22.3. The van der Waals surface area contributed by atoms with Crippen LogP contribution in [-0.4, -0.2) is 55.1 Å². The number of nitrogens with zero attached hydrogens (tertiary/aromatic N) is 1. The van der Waals surface area contributed by atoms with Gasteiger partial charge >= 0.3 is 6.09 Å². The average Bonchev–Trinajstić information content (AvgIpc) is 3.36. The maximum absolute atomic E-state index is 12.9. The molecule has 2 aliphatic heterocycles. The zero-order valence-electron chi connectivity index (χ0n) is 18.3. The molecule has 1 unspecified atom stereocenters. The molecule has 1 saturated heterocycles. The Hall–Kier alpha value is -2.94. The zero-order valence-corrected chi connectivity index (χ0v) is 18.3. The summed E-state index contributed by atoms with van der Waals surface area (Å²) < 4.78 is 10.8. The number of rotatable bonds is 7. The largest absolute Gasteiger partial charge is 0.449 e. The molecule has 9 nitrogen and oxygen atoms in total. The van der Waals surface area contributed by atoms with Crippen molar-refractivity contribution in [2.24, 2.45) is 5.41 Å². The molecule has 0 aromatic heterocycles. The number of amides is 4. The van der Waals surface area contributed by atoms with Crippen molar-refractivity contribution in [1.29, 1.82) is 0 Å². The number of methoxy groups -OCH3 is 1. The summed E-state index contributed by atoms with van der Waals surface area (Å²) in [6, 6.07) is 4.80. The van der Waals surface area contributed by atoms with Crippen LogP contribution in [0.15, 0.2) is 18.2 Å². The third-order valence-corrected chi connectivity index (χ3v) is 6.65. The Balaban J connectivity index is 1.32. The molecule has 1 aromatic rings. The molecule has 0 radical (unpaired) electrons. The van der Waals surface area contributed by atoms with Crippen LogP contribution in [0.25, 0.3) is 0 Å². The van der Waals surface area contributed by atoms with Crippen molar-refractivity contribution in [2.45, 2.75) is 57.7 Å². The van der Waals surface area contributed by atoms with Crippen molar-refractivity contribution in [2.75, 3.05) is 20.3 Å². The van der Waals surface area contributed by atoms with Crippen LogP contribution < -0.4 is 10.6 Å². The van der Waals surface area contributed by atoms with Crippen molar-refractivity contribution >= 4 is 23.8 Å². The predicted molar refractivity (Wildman–Crippen MR) is 113 cm³/mol. The molecule has 0 spiro atoms. The summed E-state index contributed by atoms with van der Waals surface area (Å²) in [6.45, 7) is 1.47. The Morgan fingerprint density at radius 2 is 2.00 bits per heavy atom. The predicted octanol–water partition coefficient (Wildman–Crippen LogP) is 1.88. The third kappa shape index (κ3) is 4.62. The fraction of sp³-hybridized carbons (Fsp3) is 0.565. The van der Waals surface area contributed by atoms with Gasteiger partial charge in [0.15, 0.2) is 0 Å². The van der Waals surface area contributed by atoms with Gasteiger partial charge < -0.3 is 19.7 Å². The lowest BCUT2D eigenvalue weighted by Gasteiger charge is -2.29. The van der Waals surface area contributed by atoms with E-state index in [1.165, 1.54) is 4.90 Å². The number of ether oxygens (including phenoxy) is 2. The van der Waals surface area contributed by atoms with Crippen LogP contribution in [0.3, 0.4) is 0 Å². The Labute approximate surface area is 186 Å². The second-order valence-electron chi connectivity index (χ2n) is 8.96. The molecule has 1 atom stereocenters. The van der Waals surface area contributed by atoms with Gasteiger partial charge in [-0.2, -0.15) is 0 Å². The Bertz CT molecular complexity index is 924. The first-order chi connectivity index (χ1) is 15.4. The monoisotopic (exact) mass is 443 g/mol. The molecule has 2 N–H and O–H groups in total. The molecule has 4 rings (SSSR count). The second-order valence-corrected chi connectivity index (χ2v) is 8.96. The van der Waals surface area contributed by atoms with E-state index in [4.69, 9.17) is 9.47 Å². The molecule has 3 aliphatic rings. The Morgan fingerprint density at radius 3 is 2.72 bits per heavy atom. The van der Waals surface area contributed by atoms with Gasteiger partial charge in [-0.1, -0.05) is 25.0 Å². The van der Waals surface area contributed by atoms with Crippen LogP contribution in [-0.2, 0) is 32.2 Å². The maximum atomic E-state index is 12.9. The molecular formula is C23H29N3O6. The molecule has 9 heteroatoms. The van der Waals surface area contributed by atoms with Gasteiger partial charge in [-0.15, -0.1) is 0 Å². The Morgan fingerprint density at radius 1 is 1.22 bits per heavy atom. The highest BCUT2D eigenvalue weighted by molar-refractivity contribution is 6.05. The molecule has 2 fully saturated rings. The number of piperidine rings is 1. The molecular weight excluding hydrogens is 414 g/mol. The van der Waals surface area contributed by atoms with Crippen LogP contribution in [0.1, 0.15) is 60.0 Å². The number of alkyl carbamates (subject to hydrolysis) is 1. The van der Waals surface area contributed by atoms with Gasteiger partial charge in [-0.05, 0) is 36.5 Å². The van der Waals surface area contributed by atoms with Crippen molar-refractivity contribution in [1.82, 2.24) is 15.5 Å². The third-order valence-electron chi connectivity index (χ3n) is 6.65. The SMILES string of the molecule is COCC1(COC(=O)NCc2ccc3c(c2)C(=O)N(C2CCC(=O)NC2=O)C3)CCCC1. The van der Waals surface area contributed by atoms with Gasteiger partial charge in [0.25, 0.3) is 5.91 Å². The van der Waals surface area contributed by atoms with Crippen LogP contribution >= 0.6 is 0 Å². The fourth-order valence-electron chi connectivity index (χ4n) is 4.92. The molecule has 172 valence electrons. The topological polar surface area (TPSA) is 114 Å². The van der Waals surface area contributed by atoms with Gasteiger partial charge in [-0.3, -0.25) is 19.7 Å². The summed E-state index contributed by atoms with van der Waals surface area (Å²) >= 11 is 0. The minimum atomic E-state index is -0.640. The summed E-state index contributed by atoms with van der Waals surface area (Å²) in [7, 11) is 1.66. The van der Waals surface area contributed by atoms with Crippen LogP contribution in [0.5, 0.6) is 0 Å². The minimum Gasteiger partial charge on any atom is -0.449 e. The van der Waals surface area contributed by atoms with Gasteiger partial charge in [0.1, 0.15) is 12.6 Å². The molecule has 1 aliphatic carbocycles. The van der Waals surface area contributed by atoms with Crippen molar-refractivity contribution in [3.8, 4) is 0 Å². The number of benzene rings is 1. The number of nitrogens with one attached hydrogen (secondary N) is 2. The highest BCUT2D eigenvalue weighted by atomic mass is 16.6. The Kier molecular flexibility index (Phi) is 6.45. The van der Waals surface area contributed by atoms with E-state index in [0.29, 0.717) is 31.7 Å². The fourth-order valence-corrected chi connectivity index (χ4v) is 4.92. The normalized spacial score (nSPS) is 22.0. The van der Waals surface area contributed by atoms with Crippen molar-refractivity contribution in [3.63, 3.8) is 0 Å². The summed E-state index contributed by atoms with van der Waals surface area (Å²) in [5.74, 6) is -0.973. The molecule has 0 bridgehead atoms. The average molecular weight is 444 g/mol. The first-order valence-electron chi connectivity index (χ1n) is 11.1. The standard InChI is InChI=1S/C23H29N3O6/c1-31-13-23(8-2-3-9-23)14-32-22(30)24-11-15-4-5-16-12-26(21(29)17(16)10-15)18-6-7-19(27)25-20(18)28/h4-5,10,18H,2-3,6-9,11-14H2,1H3,(H,24,30)(H,25,27,28). The lowest BCUT2D eigenvalue weighted by atomic mass is 9.88.